The van der Waals surface area contributed by atoms with Crippen molar-refractivity contribution in [2.75, 3.05) is 55.5 Å². The number of likely N-dealkylation sites (tertiary alicyclic amines) is 1. The number of sulfonamides is 1. The number of hydrogen-bond acceptors (Lipinski definition) is 12. The normalized spacial score (nSPS) is 18.1. The minimum Gasteiger partial charge on any atom is -0.508 e. The molecule has 1 saturated carbocycles. The lowest BCUT2D eigenvalue weighted by Crippen LogP contribution is -2.54. The van der Waals surface area contributed by atoms with Gasteiger partial charge in [0.2, 0.25) is 34.2 Å². The second kappa shape index (κ2) is 30.4. The minimum atomic E-state index is -3.26. The lowest BCUT2D eigenvalue weighted by molar-refractivity contribution is -0.145. The SMILES string of the molecule is CC(C)C(C=O)N(C)C.CCC.CCC(C)C(C(CC(=O)N1CCCC1C(OC)C(C)C(=O)NC(C)Cc1ccc(O)cc1)OC)N(C)C(=O)CNC.O=CNS(=O)(=O)C1CC1. The van der Waals surface area contributed by atoms with Crippen molar-refractivity contribution in [2.45, 2.75) is 148 Å². The summed E-state index contributed by atoms with van der Waals surface area (Å²) < 4.78 is 34.8. The lowest BCUT2D eigenvalue weighted by atomic mass is 9.90. The zero-order valence-electron chi connectivity index (χ0n) is 40.2. The summed E-state index contributed by atoms with van der Waals surface area (Å²) in [6, 6.07) is 6.43. The van der Waals surface area contributed by atoms with Gasteiger partial charge < -0.3 is 39.8 Å². The summed E-state index contributed by atoms with van der Waals surface area (Å²) in [5, 5.41) is 15.2. The Kier molecular flexibility index (Phi) is 28.7. The third-order valence-electron chi connectivity index (χ3n) is 11.1. The van der Waals surface area contributed by atoms with Crippen LogP contribution in [0.3, 0.4) is 0 Å². The van der Waals surface area contributed by atoms with Crippen LogP contribution < -0.4 is 15.4 Å². The van der Waals surface area contributed by atoms with Gasteiger partial charge in [0, 0.05) is 33.9 Å². The molecular weight excluding hydrogens is 817 g/mol. The molecular formula is C45H82N6O10S. The monoisotopic (exact) mass is 899 g/mol. The van der Waals surface area contributed by atoms with Crippen molar-refractivity contribution in [3.63, 3.8) is 0 Å². The van der Waals surface area contributed by atoms with E-state index >= 15 is 0 Å². The van der Waals surface area contributed by atoms with Crippen LogP contribution in [0.25, 0.3) is 0 Å². The van der Waals surface area contributed by atoms with Crippen molar-refractivity contribution in [3.8, 4) is 5.75 Å². The second-order valence-electron chi connectivity index (χ2n) is 17.0. The third-order valence-corrected chi connectivity index (χ3v) is 12.9. The number of methoxy groups -OCH3 is 2. The summed E-state index contributed by atoms with van der Waals surface area (Å²) in [7, 11) is 7.27. The summed E-state index contributed by atoms with van der Waals surface area (Å²) in [5.74, 6) is 0.0436. The summed E-state index contributed by atoms with van der Waals surface area (Å²) in [5.41, 5.74) is 1.01. The minimum absolute atomic E-state index is 0.0507. The molecule has 62 heavy (non-hydrogen) atoms. The van der Waals surface area contributed by atoms with Gasteiger partial charge in [0.1, 0.15) is 12.0 Å². The van der Waals surface area contributed by atoms with Gasteiger partial charge in [0.15, 0.2) is 0 Å². The van der Waals surface area contributed by atoms with Crippen LogP contribution in [0.15, 0.2) is 24.3 Å². The number of carbonyl (C=O) groups excluding carboxylic acids is 5. The highest BCUT2D eigenvalue weighted by Gasteiger charge is 2.42. The number of hydrogen-bond donors (Lipinski definition) is 4. The van der Waals surface area contributed by atoms with Crippen LogP contribution in [0.1, 0.15) is 106 Å². The van der Waals surface area contributed by atoms with Crippen molar-refractivity contribution >= 4 is 40.4 Å². The number of phenols is 1. The number of aromatic hydroxyl groups is 1. The first-order chi connectivity index (χ1) is 29.2. The fourth-order valence-electron chi connectivity index (χ4n) is 7.43. The predicted molar refractivity (Wildman–Crippen MR) is 245 cm³/mol. The zero-order valence-corrected chi connectivity index (χ0v) is 41.0. The van der Waals surface area contributed by atoms with E-state index in [-0.39, 0.29) is 78.2 Å². The van der Waals surface area contributed by atoms with E-state index in [1.54, 1.807) is 50.1 Å². The fraction of sp³-hybridized carbons (Fsp3) is 0.756. The van der Waals surface area contributed by atoms with Gasteiger partial charge in [-0.05, 0) is 89.7 Å². The van der Waals surface area contributed by atoms with Crippen LogP contribution in [0.5, 0.6) is 5.75 Å². The van der Waals surface area contributed by atoms with Gasteiger partial charge >= 0.3 is 0 Å². The predicted octanol–water partition coefficient (Wildman–Crippen LogP) is 3.99. The summed E-state index contributed by atoms with van der Waals surface area (Å²) in [6.07, 6.45) is 6.06. The van der Waals surface area contributed by atoms with Crippen molar-refractivity contribution in [2.24, 2.45) is 17.8 Å². The number of rotatable bonds is 22. The highest BCUT2D eigenvalue weighted by atomic mass is 32.2. The number of likely N-dealkylation sites (N-methyl/N-ethyl adjacent to an activating group) is 3. The molecule has 4 N–H and O–H groups in total. The molecule has 358 valence electrons. The molecule has 4 amide bonds. The smallest absolute Gasteiger partial charge is 0.237 e. The van der Waals surface area contributed by atoms with Gasteiger partial charge in [-0.25, -0.2) is 8.42 Å². The molecule has 1 aromatic carbocycles. The molecule has 0 spiro atoms. The maximum atomic E-state index is 13.7. The molecule has 0 aromatic heterocycles. The molecule has 3 rings (SSSR count). The lowest BCUT2D eigenvalue weighted by Gasteiger charge is -2.39. The first-order valence-electron chi connectivity index (χ1n) is 22.1. The van der Waals surface area contributed by atoms with Crippen LogP contribution in [0.2, 0.25) is 0 Å². The summed E-state index contributed by atoms with van der Waals surface area (Å²) in [6.45, 7) is 17.1. The molecule has 8 atom stereocenters. The summed E-state index contributed by atoms with van der Waals surface area (Å²) in [4.78, 5) is 65.2. The van der Waals surface area contributed by atoms with E-state index in [0.717, 1.165) is 31.1 Å². The van der Waals surface area contributed by atoms with E-state index in [1.165, 1.54) is 6.42 Å². The van der Waals surface area contributed by atoms with Crippen LogP contribution in [0, 0.1) is 17.8 Å². The van der Waals surface area contributed by atoms with E-state index in [0.29, 0.717) is 31.7 Å². The third kappa shape index (κ3) is 20.2. The Labute approximate surface area is 373 Å². The van der Waals surface area contributed by atoms with Crippen LogP contribution in [-0.2, 0) is 49.9 Å². The summed E-state index contributed by atoms with van der Waals surface area (Å²) >= 11 is 0. The molecule has 0 radical (unpaired) electrons. The number of amides is 4. The quantitative estimate of drug-likeness (QED) is 0.122. The van der Waals surface area contributed by atoms with E-state index < -0.39 is 28.1 Å². The number of benzene rings is 1. The van der Waals surface area contributed by atoms with E-state index in [4.69, 9.17) is 9.47 Å². The Morgan fingerprint density at radius 3 is 1.95 bits per heavy atom. The molecule has 1 heterocycles. The van der Waals surface area contributed by atoms with E-state index in [1.807, 2.05) is 63.7 Å². The van der Waals surface area contributed by atoms with Gasteiger partial charge in [-0.1, -0.05) is 73.4 Å². The first-order valence-corrected chi connectivity index (χ1v) is 23.6. The number of nitrogens with zero attached hydrogens (tertiary/aromatic N) is 3. The second-order valence-corrected chi connectivity index (χ2v) is 19.0. The molecule has 2 fully saturated rings. The average molecular weight is 899 g/mol. The van der Waals surface area contributed by atoms with Crippen molar-refractivity contribution < 1.29 is 47.0 Å². The Bertz CT molecular complexity index is 1550. The number of phenolic OH excluding ortho intramolecular Hbond substituents is 1. The van der Waals surface area contributed by atoms with Crippen LogP contribution in [-0.4, -0.2) is 156 Å². The largest absolute Gasteiger partial charge is 0.508 e. The molecule has 1 aromatic rings. The van der Waals surface area contributed by atoms with E-state index in [2.05, 4.69) is 38.3 Å². The first kappa shape index (κ1) is 58.4. The standard InChI is InChI=1S/C31H52N4O6.C7H15NO.C4H7NO3S.C3H8/c1-9-20(2)29(34(6)28(38)19-32-5)26(40-7)18-27(37)35-16-10-11-25(35)30(41-8)22(4)31(39)33-21(3)17-23-12-14-24(36)15-13-23;1-6(2)7(5-9)8(3)4;6-3-5-9(7,8)4-1-2-4;1-3-2/h12-15,20-22,25-26,29-30,32,36H,9-11,16-19H2,1-8H3,(H,33,39);5-7H,1-4H3;3-4H,1-2H2,(H,5,6);3H2,1-2H3. The molecule has 1 aliphatic heterocycles. The average Bonchev–Trinajstić information content (AvgIpc) is 3.98. The fourth-order valence-corrected chi connectivity index (χ4v) is 8.51. The molecule has 2 aliphatic rings. The molecule has 1 saturated heterocycles. The van der Waals surface area contributed by atoms with Gasteiger partial charge in [0.05, 0.1) is 54.5 Å². The number of nitrogens with one attached hydrogen (secondary N) is 3. The van der Waals surface area contributed by atoms with Crippen molar-refractivity contribution in [3.05, 3.63) is 29.8 Å². The van der Waals surface area contributed by atoms with Gasteiger partial charge in [-0.2, -0.15) is 0 Å². The Morgan fingerprint density at radius 2 is 1.53 bits per heavy atom. The van der Waals surface area contributed by atoms with Crippen molar-refractivity contribution in [1.29, 1.82) is 0 Å². The van der Waals surface area contributed by atoms with Crippen LogP contribution >= 0.6 is 0 Å². The topological polar surface area (TPSA) is 204 Å². The number of carbonyl (C=O) groups is 5. The highest BCUT2D eigenvalue weighted by molar-refractivity contribution is 7.90. The number of ether oxygens (including phenoxy) is 2. The molecule has 8 unspecified atom stereocenters. The van der Waals surface area contributed by atoms with Crippen molar-refractivity contribution in [1.82, 2.24) is 30.1 Å². The zero-order chi connectivity index (χ0) is 47.7. The molecule has 16 nitrogen and oxygen atoms in total. The Morgan fingerprint density at radius 1 is 0.952 bits per heavy atom. The molecule has 17 heteroatoms. The number of aldehydes is 1. The Balaban J connectivity index is 0.00000144. The van der Waals surface area contributed by atoms with Gasteiger partial charge in [0.25, 0.3) is 0 Å². The Hall–Kier alpha value is -3.64. The van der Waals surface area contributed by atoms with E-state index in [9.17, 15) is 37.5 Å². The maximum absolute atomic E-state index is 13.7. The highest BCUT2D eigenvalue weighted by Crippen LogP contribution is 2.30. The van der Waals surface area contributed by atoms with Crippen LogP contribution in [0.4, 0.5) is 0 Å². The van der Waals surface area contributed by atoms with Gasteiger partial charge in [-0.3, -0.25) is 28.8 Å². The molecule has 0 bridgehead atoms. The maximum Gasteiger partial charge on any atom is 0.237 e. The molecule has 1 aliphatic carbocycles. The van der Waals surface area contributed by atoms with Gasteiger partial charge in [-0.15, -0.1) is 0 Å².